The lowest BCUT2D eigenvalue weighted by Gasteiger charge is -2.08. The molecule has 0 amide bonds. The second-order valence-electron chi connectivity index (χ2n) is 4.43. The van der Waals surface area contributed by atoms with Gasteiger partial charge in [-0.05, 0) is 36.8 Å². The number of nitrogens with two attached hydrogens (primary N) is 1. The number of sulfone groups is 1. The van der Waals surface area contributed by atoms with E-state index in [-0.39, 0.29) is 10.6 Å². The van der Waals surface area contributed by atoms with Crippen LogP contribution in [-0.4, -0.2) is 19.2 Å². The average Bonchev–Trinajstić information content (AvgIpc) is 2.37. The molecule has 0 saturated heterocycles. The van der Waals surface area contributed by atoms with E-state index in [9.17, 15) is 8.42 Å². The first kappa shape index (κ1) is 13.5. The van der Waals surface area contributed by atoms with E-state index in [1.165, 1.54) is 0 Å². The third-order valence-corrected chi connectivity index (χ3v) is 4.64. The van der Waals surface area contributed by atoms with Crippen molar-refractivity contribution in [3.05, 3.63) is 53.9 Å². The van der Waals surface area contributed by atoms with Crippen molar-refractivity contribution in [1.29, 1.82) is 0 Å². The van der Waals surface area contributed by atoms with Gasteiger partial charge in [0.1, 0.15) is 0 Å². The smallest absolute Gasteiger partial charge is 0.180 e. The van der Waals surface area contributed by atoms with Gasteiger partial charge in [0, 0.05) is 18.3 Å². The maximum absolute atomic E-state index is 12.2. The van der Waals surface area contributed by atoms with Gasteiger partial charge < -0.3 is 5.73 Å². The molecule has 0 aliphatic carbocycles. The zero-order valence-electron chi connectivity index (χ0n) is 10.7. The number of nitrogen functional groups attached to an aromatic ring is 1. The van der Waals surface area contributed by atoms with Gasteiger partial charge in [-0.2, -0.15) is 0 Å². The van der Waals surface area contributed by atoms with Crippen LogP contribution in [0.4, 0.5) is 5.69 Å². The molecule has 1 aromatic carbocycles. The van der Waals surface area contributed by atoms with Gasteiger partial charge in [-0.1, -0.05) is 12.1 Å². The third-order valence-electron chi connectivity index (χ3n) is 2.85. The van der Waals surface area contributed by atoms with Crippen LogP contribution >= 0.6 is 0 Å². The van der Waals surface area contributed by atoms with Crippen molar-refractivity contribution in [2.45, 2.75) is 18.2 Å². The zero-order chi connectivity index (χ0) is 13.9. The van der Waals surface area contributed by atoms with Crippen LogP contribution in [0.3, 0.4) is 0 Å². The molecular weight excluding hydrogens is 260 g/mol. The average molecular weight is 276 g/mol. The number of hydrogen-bond acceptors (Lipinski definition) is 4. The van der Waals surface area contributed by atoms with Crippen molar-refractivity contribution in [3.63, 3.8) is 0 Å². The minimum absolute atomic E-state index is 0.0112. The largest absolute Gasteiger partial charge is 0.398 e. The molecular formula is C14H16N2O2S. The van der Waals surface area contributed by atoms with Crippen LogP contribution < -0.4 is 5.73 Å². The first-order chi connectivity index (χ1) is 8.99. The van der Waals surface area contributed by atoms with Crippen LogP contribution in [0.5, 0.6) is 0 Å². The van der Waals surface area contributed by atoms with Gasteiger partial charge in [0.15, 0.2) is 9.84 Å². The molecule has 5 heteroatoms. The summed E-state index contributed by atoms with van der Waals surface area (Å²) in [4.78, 5) is 4.32. The van der Waals surface area contributed by atoms with Crippen LogP contribution in [0.1, 0.15) is 11.3 Å². The molecule has 0 unspecified atom stereocenters. The summed E-state index contributed by atoms with van der Waals surface area (Å²) < 4.78 is 24.5. The molecule has 0 fully saturated rings. The van der Waals surface area contributed by atoms with E-state index in [4.69, 9.17) is 5.73 Å². The maximum atomic E-state index is 12.2. The van der Waals surface area contributed by atoms with E-state index in [0.717, 1.165) is 11.3 Å². The van der Waals surface area contributed by atoms with Gasteiger partial charge >= 0.3 is 0 Å². The predicted octanol–water partition coefficient (Wildman–Crippen LogP) is 1.99. The summed E-state index contributed by atoms with van der Waals surface area (Å²) in [6, 6.07) is 10.5. The number of aromatic nitrogens is 1. The molecule has 2 rings (SSSR count). The van der Waals surface area contributed by atoms with Crippen molar-refractivity contribution in [1.82, 2.24) is 4.98 Å². The standard InChI is InChI=1S/C14H16N2O2S/c1-11-5-6-14(13(15)10-11)19(17,18)9-7-12-4-2-3-8-16-12/h2-6,8,10H,7,9,15H2,1H3. The normalized spacial score (nSPS) is 11.4. The van der Waals surface area contributed by atoms with E-state index >= 15 is 0 Å². The second-order valence-corrected chi connectivity index (χ2v) is 6.51. The van der Waals surface area contributed by atoms with Gasteiger partial charge in [-0.3, -0.25) is 4.98 Å². The Hall–Kier alpha value is -1.88. The Labute approximate surface area is 113 Å². The fourth-order valence-electron chi connectivity index (χ4n) is 1.85. The number of anilines is 1. The van der Waals surface area contributed by atoms with Crippen LogP contribution in [0.25, 0.3) is 0 Å². The summed E-state index contributed by atoms with van der Waals surface area (Å²) in [6.07, 6.45) is 2.04. The summed E-state index contributed by atoms with van der Waals surface area (Å²) in [5.41, 5.74) is 7.79. The second kappa shape index (κ2) is 5.40. The topological polar surface area (TPSA) is 73.0 Å². The molecule has 0 saturated carbocycles. The molecule has 1 heterocycles. The zero-order valence-corrected chi connectivity index (χ0v) is 11.5. The monoisotopic (exact) mass is 276 g/mol. The quantitative estimate of drug-likeness (QED) is 0.867. The first-order valence-corrected chi connectivity index (χ1v) is 7.63. The number of benzene rings is 1. The van der Waals surface area contributed by atoms with Crippen molar-refractivity contribution >= 4 is 15.5 Å². The minimum Gasteiger partial charge on any atom is -0.398 e. The van der Waals surface area contributed by atoms with E-state index in [2.05, 4.69) is 4.98 Å². The highest BCUT2D eigenvalue weighted by Gasteiger charge is 2.17. The van der Waals surface area contributed by atoms with Gasteiger partial charge in [0.2, 0.25) is 0 Å². The highest BCUT2D eigenvalue weighted by atomic mass is 32.2. The molecule has 0 radical (unpaired) electrons. The van der Waals surface area contributed by atoms with Crippen molar-refractivity contribution in [2.24, 2.45) is 0 Å². The van der Waals surface area contributed by atoms with E-state index < -0.39 is 9.84 Å². The van der Waals surface area contributed by atoms with Crippen LogP contribution in [-0.2, 0) is 16.3 Å². The lowest BCUT2D eigenvalue weighted by molar-refractivity contribution is 0.595. The van der Waals surface area contributed by atoms with Crippen molar-refractivity contribution < 1.29 is 8.42 Å². The Balaban J connectivity index is 2.19. The Bertz CT molecular complexity index is 667. The fraction of sp³-hybridized carbons (Fsp3) is 0.214. The molecule has 100 valence electrons. The molecule has 4 nitrogen and oxygen atoms in total. The predicted molar refractivity (Wildman–Crippen MR) is 75.6 cm³/mol. The Kier molecular flexibility index (Phi) is 3.85. The lowest BCUT2D eigenvalue weighted by atomic mass is 10.2. The van der Waals surface area contributed by atoms with E-state index in [1.54, 1.807) is 30.5 Å². The van der Waals surface area contributed by atoms with Gasteiger partial charge in [-0.15, -0.1) is 0 Å². The van der Waals surface area contributed by atoms with Gasteiger partial charge in [0.05, 0.1) is 16.3 Å². The SMILES string of the molecule is Cc1ccc(S(=O)(=O)CCc2ccccn2)c(N)c1. The highest BCUT2D eigenvalue weighted by Crippen LogP contribution is 2.21. The summed E-state index contributed by atoms with van der Waals surface area (Å²) >= 11 is 0. The Morgan fingerprint density at radius 1 is 1.21 bits per heavy atom. The molecule has 0 aliphatic rings. The molecule has 0 aliphatic heterocycles. The maximum Gasteiger partial charge on any atom is 0.180 e. The van der Waals surface area contributed by atoms with Crippen molar-refractivity contribution in [2.75, 3.05) is 11.5 Å². The lowest BCUT2D eigenvalue weighted by Crippen LogP contribution is -2.12. The highest BCUT2D eigenvalue weighted by molar-refractivity contribution is 7.91. The van der Waals surface area contributed by atoms with E-state index in [0.29, 0.717) is 12.1 Å². The van der Waals surface area contributed by atoms with Crippen LogP contribution in [0, 0.1) is 6.92 Å². The summed E-state index contributed by atoms with van der Waals surface area (Å²) in [6.45, 7) is 1.88. The summed E-state index contributed by atoms with van der Waals surface area (Å²) in [5, 5.41) is 0. The Morgan fingerprint density at radius 2 is 2.00 bits per heavy atom. The number of nitrogens with zero attached hydrogens (tertiary/aromatic N) is 1. The number of hydrogen-bond donors (Lipinski definition) is 1. The molecule has 19 heavy (non-hydrogen) atoms. The summed E-state index contributed by atoms with van der Waals surface area (Å²) in [5.74, 6) is 0.0112. The van der Waals surface area contributed by atoms with E-state index in [1.807, 2.05) is 19.1 Å². The third kappa shape index (κ3) is 3.32. The van der Waals surface area contributed by atoms with Crippen LogP contribution in [0.15, 0.2) is 47.5 Å². The number of aryl methyl sites for hydroxylation is 2. The minimum atomic E-state index is -3.37. The number of rotatable bonds is 4. The molecule has 2 aromatic rings. The van der Waals surface area contributed by atoms with Gasteiger partial charge in [0.25, 0.3) is 0 Å². The van der Waals surface area contributed by atoms with Crippen LogP contribution in [0.2, 0.25) is 0 Å². The molecule has 0 bridgehead atoms. The molecule has 1 aromatic heterocycles. The molecule has 2 N–H and O–H groups in total. The fourth-order valence-corrected chi connectivity index (χ4v) is 3.24. The number of pyridine rings is 1. The molecule has 0 atom stereocenters. The molecule has 0 spiro atoms. The summed E-state index contributed by atoms with van der Waals surface area (Å²) in [7, 11) is -3.37. The first-order valence-electron chi connectivity index (χ1n) is 5.98. The van der Waals surface area contributed by atoms with Crippen molar-refractivity contribution in [3.8, 4) is 0 Å². The van der Waals surface area contributed by atoms with Gasteiger partial charge in [-0.25, -0.2) is 8.42 Å². The Morgan fingerprint density at radius 3 is 2.63 bits per heavy atom.